The first-order chi connectivity index (χ1) is 13.5. The number of carbonyl (C=O) groups is 2. The third-order valence-corrected chi connectivity index (χ3v) is 4.92. The number of nitrogens with one attached hydrogen (secondary N) is 1. The monoisotopic (exact) mass is 402 g/mol. The average Bonchev–Trinajstić information content (AvgIpc) is 2.72. The van der Waals surface area contributed by atoms with E-state index in [-0.39, 0.29) is 17.9 Å². The Morgan fingerprint density at radius 3 is 2.54 bits per heavy atom. The fourth-order valence-electron chi connectivity index (χ4n) is 3.04. The maximum atomic E-state index is 12.7. The molecule has 0 radical (unpaired) electrons. The lowest BCUT2D eigenvalue weighted by atomic mass is 10.1. The van der Waals surface area contributed by atoms with Crippen molar-refractivity contribution < 1.29 is 14.3 Å². The Morgan fingerprint density at radius 2 is 1.89 bits per heavy atom. The Morgan fingerprint density at radius 1 is 1.18 bits per heavy atom. The lowest BCUT2D eigenvalue weighted by molar-refractivity contribution is -0.133. The van der Waals surface area contributed by atoms with Crippen molar-refractivity contribution in [3.8, 4) is 5.75 Å². The molecule has 1 unspecified atom stereocenters. The van der Waals surface area contributed by atoms with Crippen LogP contribution in [0.5, 0.6) is 5.75 Å². The molecule has 0 aliphatic heterocycles. The molecule has 1 N–H and O–H groups in total. The molecule has 0 aliphatic rings. The summed E-state index contributed by atoms with van der Waals surface area (Å²) >= 11 is 5.83. The van der Waals surface area contributed by atoms with Gasteiger partial charge in [-0.05, 0) is 62.2 Å². The van der Waals surface area contributed by atoms with Crippen LogP contribution in [0.2, 0.25) is 5.02 Å². The largest absolute Gasteiger partial charge is 0.497 e. The summed E-state index contributed by atoms with van der Waals surface area (Å²) in [4.78, 5) is 26.6. The van der Waals surface area contributed by atoms with E-state index in [9.17, 15) is 9.59 Å². The number of nitrogens with zero attached hydrogens (tertiary/aromatic N) is 1. The second-order valence-corrected chi connectivity index (χ2v) is 6.94. The zero-order valence-corrected chi connectivity index (χ0v) is 17.3. The smallest absolute Gasteiger partial charge is 0.251 e. The Labute approximate surface area is 171 Å². The molecule has 2 aromatic carbocycles. The predicted molar refractivity (Wildman–Crippen MR) is 112 cm³/mol. The van der Waals surface area contributed by atoms with Crippen LogP contribution >= 0.6 is 11.6 Å². The second kappa shape index (κ2) is 10.7. The summed E-state index contributed by atoms with van der Waals surface area (Å²) in [5.41, 5.74) is 1.59. The molecule has 2 aromatic rings. The van der Waals surface area contributed by atoms with Crippen molar-refractivity contribution in [2.75, 3.05) is 20.2 Å². The van der Waals surface area contributed by atoms with Gasteiger partial charge in [-0.25, -0.2) is 0 Å². The first kappa shape index (κ1) is 21.8. The molecule has 0 fully saturated rings. The highest BCUT2D eigenvalue weighted by molar-refractivity contribution is 6.30. The standard InChI is InChI=1S/C22H27ClN2O3/c1-4-25(16(2)18-7-5-8-20(15-18)28-3)21(26)9-6-14-24-22(27)17-10-12-19(23)13-11-17/h5,7-8,10-13,15-16H,4,6,9,14H2,1-3H3,(H,24,27). The molecule has 0 saturated heterocycles. The number of methoxy groups -OCH3 is 1. The van der Waals surface area contributed by atoms with E-state index < -0.39 is 0 Å². The molecule has 28 heavy (non-hydrogen) atoms. The van der Waals surface area contributed by atoms with E-state index in [2.05, 4.69) is 5.32 Å². The minimum atomic E-state index is -0.166. The molecule has 0 aliphatic carbocycles. The van der Waals surface area contributed by atoms with Crippen molar-refractivity contribution in [2.45, 2.75) is 32.7 Å². The number of benzene rings is 2. The Kier molecular flexibility index (Phi) is 8.33. The van der Waals surface area contributed by atoms with Crippen LogP contribution in [0.1, 0.15) is 48.7 Å². The van der Waals surface area contributed by atoms with Crippen molar-refractivity contribution in [2.24, 2.45) is 0 Å². The summed E-state index contributed by atoms with van der Waals surface area (Å²) in [6, 6.07) is 14.4. The summed E-state index contributed by atoms with van der Waals surface area (Å²) in [5.74, 6) is 0.678. The maximum absolute atomic E-state index is 12.7. The van der Waals surface area contributed by atoms with E-state index in [0.717, 1.165) is 11.3 Å². The molecular weight excluding hydrogens is 376 g/mol. The van der Waals surface area contributed by atoms with Gasteiger partial charge in [0.05, 0.1) is 13.2 Å². The summed E-state index contributed by atoms with van der Waals surface area (Å²) in [6.07, 6.45) is 0.961. The highest BCUT2D eigenvalue weighted by atomic mass is 35.5. The van der Waals surface area contributed by atoms with Gasteiger partial charge in [0.15, 0.2) is 0 Å². The van der Waals surface area contributed by atoms with Crippen LogP contribution in [0.15, 0.2) is 48.5 Å². The number of hydrogen-bond donors (Lipinski definition) is 1. The number of halogens is 1. The van der Waals surface area contributed by atoms with Crippen molar-refractivity contribution in [1.82, 2.24) is 10.2 Å². The minimum Gasteiger partial charge on any atom is -0.497 e. The third-order valence-electron chi connectivity index (χ3n) is 4.66. The predicted octanol–water partition coefficient (Wildman–Crippen LogP) is 4.47. The zero-order valence-electron chi connectivity index (χ0n) is 16.6. The highest BCUT2D eigenvalue weighted by Gasteiger charge is 2.20. The molecule has 2 rings (SSSR count). The summed E-state index contributed by atoms with van der Waals surface area (Å²) in [7, 11) is 1.63. The van der Waals surface area contributed by atoms with Gasteiger partial charge in [0, 0.05) is 30.1 Å². The van der Waals surface area contributed by atoms with Crippen molar-refractivity contribution in [3.05, 3.63) is 64.7 Å². The van der Waals surface area contributed by atoms with Crippen LogP contribution in [0.3, 0.4) is 0 Å². The van der Waals surface area contributed by atoms with Gasteiger partial charge in [-0.15, -0.1) is 0 Å². The molecule has 6 heteroatoms. The highest BCUT2D eigenvalue weighted by Crippen LogP contribution is 2.24. The van der Waals surface area contributed by atoms with E-state index in [1.54, 1.807) is 31.4 Å². The summed E-state index contributed by atoms with van der Waals surface area (Å²) < 4.78 is 5.27. The summed E-state index contributed by atoms with van der Waals surface area (Å²) in [6.45, 7) is 5.04. The number of rotatable bonds is 9. The molecule has 0 bridgehead atoms. The SMILES string of the molecule is CCN(C(=O)CCCNC(=O)c1ccc(Cl)cc1)C(C)c1cccc(OC)c1. The lowest BCUT2D eigenvalue weighted by Gasteiger charge is -2.29. The maximum Gasteiger partial charge on any atom is 0.251 e. The van der Waals surface area contributed by atoms with Crippen LogP contribution in [0.25, 0.3) is 0 Å². The topological polar surface area (TPSA) is 58.6 Å². The van der Waals surface area contributed by atoms with Gasteiger partial charge in [-0.3, -0.25) is 9.59 Å². The van der Waals surface area contributed by atoms with Gasteiger partial charge in [0.1, 0.15) is 5.75 Å². The van der Waals surface area contributed by atoms with E-state index in [1.165, 1.54) is 0 Å². The van der Waals surface area contributed by atoms with Crippen LogP contribution in [-0.4, -0.2) is 36.9 Å². The van der Waals surface area contributed by atoms with E-state index in [4.69, 9.17) is 16.3 Å². The first-order valence-electron chi connectivity index (χ1n) is 9.43. The quantitative estimate of drug-likeness (QED) is 0.629. The number of hydrogen-bond acceptors (Lipinski definition) is 3. The fourth-order valence-corrected chi connectivity index (χ4v) is 3.16. The Balaban J connectivity index is 1.84. The van der Waals surface area contributed by atoms with Gasteiger partial charge in [0.25, 0.3) is 5.91 Å². The van der Waals surface area contributed by atoms with E-state index >= 15 is 0 Å². The van der Waals surface area contributed by atoms with Crippen LogP contribution in [0, 0.1) is 0 Å². The molecule has 1 atom stereocenters. The Bertz CT molecular complexity index is 793. The van der Waals surface area contributed by atoms with Crippen LogP contribution in [-0.2, 0) is 4.79 Å². The van der Waals surface area contributed by atoms with E-state index in [0.29, 0.717) is 36.5 Å². The lowest BCUT2D eigenvalue weighted by Crippen LogP contribution is -2.34. The van der Waals surface area contributed by atoms with Crippen LogP contribution in [0.4, 0.5) is 0 Å². The van der Waals surface area contributed by atoms with Gasteiger partial charge in [-0.2, -0.15) is 0 Å². The van der Waals surface area contributed by atoms with Crippen molar-refractivity contribution in [1.29, 1.82) is 0 Å². The third kappa shape index (κ3) is 5.99. The van der Waals surface area contributed by atoms with Gasteiger partial charge in [-0.1, -0.05) is 23.7 Å². The number of ether oxygens (including phenoxy) is 1. The number of carbonyl (C=O) groups excluding carboxylic acids is 2. The molecule has 2 amide bonds. The molecule has 0 saturated carbocycles. The van der Waals surface area contributed by atoms with Gasteiger partial charge < -0.3 is 15.0 Å². The minimum absolute atomic E-state index is 0.0451. The molecule has 0 aromatic heterocycles. The molecular formula is C22H27ClN2O3. The van der Waals surface area contributed by atoms with Gasteiger partial charge >= 0.3 is 0 Å². The number of amides is 2. The molecule has 0 heterocycles. The molecule has 150 valence electrons. The zero-order chi connectivity index (χ0) is 20.5. The van der Waals surface area contributed by atoms with Gasteiger partial charge in [0.2, 0.25) is 5.91 Å². The first-order valence-corrected chi connectivity index (χ1v) is 9.81. The van der Waals surface area contributed by atoms with Crippen molar-refractivity contribution >= 4 is 23.4 Å². The fraction of sp³-hybridized carbons (Fsp3) is 0.364. The average molecular weight is 403 g/mol. The molecule has 5 nitrogen and oxygen atoms in total. The second-order valence-electron chi connectivity index (χ2n) is 6.50. The summed E-state index contributed by atoms with van der Waals surface area (Å²) in [5, 5.41) is 3.43. The molecule has 0 spiro atoms. The van der Waals surface area contributed by atoms with Crippen LogP contribution < -0.4 is 10.1 Å². The van der Waals surface area contributed by atoms with Crippen molar-refractivity contribution in [3.63, 3.8) is 0 Å². The normalized spacial score (nSPS) is 11.6. The Hall–Kier alpha value is -2.53. The van der Waals surface area contributed by atoms with E-state index in [1.807, 2.05) is 43.0 Å².